The molecule has 0 aliphatic heterocycles. The summed E-state index contributed by atoms with van der Waals surface area (Å²) in [6.45, 7) is 2.99. The van der Waals surface area contributed by atoms with Gasteiger partial charge < -0.3 is 10.1 Å². The van der Waals surface area contributed by atoms with Crippen molar-refractivity contribution in [3.63, 3.8) is 0 Å². The Balaban J connectivity index is 1.68. The average Bonchev–Trinajstić information content (AvgIpc) is 2.67. The van der Waals surface area contributed by atoms with Gasteiger partial charge in [0.25, 0.3) is 5.91 Å². The molecule has 136 valence electrons. The summed E-state index contributed by atoms with van der Waals surface area (Å²) in [5.41, 5.74) is 1.50. The maximum Gasteiger partial charge on any atom is 0.339 e. The third kappa shape index (κ3) is 4.20. The molecule has 1 atom stereocenters. The third-order valence-corrected chi connectivity index (χ3v) is 4.22. The molecule has 5 heteroatoms. The Morgan fingerprint density at radius 3 is 2.26 bits per heavy atom. The molecule has 0 heterocycles. The van der Waals surface area contributed by atoms with E-state index in [0.717, 1.165) is 10.8 Å². The summed E-state index contributed by atoms with van der Waals surface area (Å²) in [6, 6.07) is 19.4. The molecule has 3 aromatic rings. The van der Waals surface area contributed by atoms with E-state index >= 15 is 0 Å². The fourth-order valence-corrected chi connectivity index (χ4v) is 2.71. The van der Waals surface area contributed by atoms with Crippen molar-refractivity contribution < 1.29 is 19.1 Å². The molecular formula is C22H19NO4. The minimum Gasteiger partial charge on any atom is -0.449 e. The Bertz CT molecular complexity index is 1000. The van der Waals surface area contributed by atoms with Gasteiger partial charge in [0, 0.05) is 11.3 Å². The quantitative estimate of drug-likeness (QED) is 0.545. The van der Waals surface area contributed by atoms with Gasteiger partial charge in [-0.05, 0) is 55.0 Å². The molecule has 0 radical (unpaired) electrons. The number of rotatable bonds is 5. The predicted molar refractivity (Wildman–Crippen MR) is 104 cm³/mol. The number of fused-ring (bicyclic) bond motifs is 1. The lowest BCUT2D eigenvalue weighted by molar-refractivity contribution is -0.123. The number of anilines is 1. The molecule has 0 fully saturated rings. The van der Waals surface area contributed by atoms with Crippen LogP contribution in [-0.4, -0.2) is 23.8 Å². The van der Waals surface area contributed by atoms with Crippen LogP contribution in [0.5, 0.6) is 0 Å². The van der Waals surface area contributed by atoms with E-state index in [1.165, 1.54) is 13.8 Å². The first-order chi connectivity index (χ1) is 13.0. The van der Waals surface area contributed by atoms with Gasteiger partial charge in [0.1, 0.15) is 0 Å². The van der Waals surface area contributed by atoms with Crippen molar-refractivity contribution in [2.45, 2.75) is 20.0 Å². The topological polar surface area (TPSA) is 72.5 Å². The molecule has 0 saturated heterocycles. The van der Waals surface area contributed by atoms with Crippen molar-refractivity contribution in [2.24, 2.45) is 0 Å². The molecule has 0 aliphatic carbocycles. The Labute approximate surface area is 157 Å². The second-order valence-electron chi connectivity index (χ2n) is 6.20. The number of amides is 1. The number of carbonyl (C=O) groups excluding carboxylic acids is 3. The summed E-state index contributed by atoms with van der Waals surface area (Å²) in [5.74, 6) is -1.05. The molecule has 0 aromatic heterocycles. The molecule has 1 amide bonds. The summed E-state index contributed by atoms with van der Waals surface area (Å²) in [7, 11) is 0. The smallest absolute Gasteiger partial charge is 0.339 e. The monoisotopic (exact) mass is 361 g/mol. The maximum absolute atomic E-state index is 12.5. The first-order valence-electron chi connectivity index (χ1n) is 8.56. The second-order valence-corrected chi connectivity index (χ2v) is 6.20. The van der Waals surface area contributed by atoms with Crippen LogP contribution in [-0.2, 0) is 9.53 Å². The van der Waals surface area contributed by atoms with Crippen LogP contribution < -0.4 is 5.32 Å². The molecule has 1 N–H and O–H groups in total. The van der Waals surface area contributed by atoms with Crippen molar-refractivity contribution in [2.75, 3.05) is 5.32 Å². The zero-order valence-electron chi connectivity index (χ0n) is 15.1. The van der Waals surface area contributed by atoms with Gasteiger partial charge in [-0.15, -0.1) is 0 Å². The lowest BCUT2D eigenvalue weighted by Crippen LogP contribution is -2.30. The third-order valence-electron chi connectivity index (χ3n) is 4.22. The van der Waals surface area contributed by atoms with Crippen LogP contribution >= 0.6 is 0 Å². The average molecular weight is 361 g/mol. The number of ether oxygens (including phenoxy) is 1. The minimum atomic E-state index is -0.969. The number of carbonyl (C=O) groups is 3. The lowest BCUT2D eigenvalue weighted by atomic mass is 10.0. The van der Waals surface area contributed by atoms with Crippen LogP contribution in [0.1, 0.15) is 34.6 Å². The minimum absolute atomic E-state index is 0.0507. The molecule has 0 aliphatic rings. The molecule has 0 spiro atoms. The van der Waals surface area contributed by atoms with Gasteiger partial charge in [-0.25, -0.2) is 4.79 Å². The second kappa shape index (κ2) is 7.83. The Morgan fingerprint density at radius 2 is 1.56 bits per heavy atom. The van der Waals surface area contributed by atoms with Crippen LogP contribution in [0.2, 0.25) is 0 Å². The molecule has 0 saturated carbocycles. The van der Waals surface area contributed by atoms with Gasteiger partial charge in [0.15, 0.2) is 11.9 Å². The van der Waals surface area contributed by atoms with Crippen LogP contribution in [0.15, 0.2) is 66.7 Å². The normalized spacial score (nSPS) is 11.6. The summed E-state index contributed by atoms with van der Waals surface area (Å²) in [6.07, 6.45) is -0.969. The number of esters is 1. The SMILES string of the molecule is CC(=O)c1ccc(NC(=O)[C@@H](C)OC(=O)c2cccc3ccccc23)cc1. The Hall–Kier alpha value is -3.47. The van der Waals surface area contributed by atoms with Gasteiger partial charge >= 0.3 is 5.97 Å². The summed E-state index contributed by atoms with van der Waals surface area (Å²) >= 11 is 0. The van der Waals surface area contributed by atoms with Gasteiger partial charge in [0.05, 0.1) is 5.56 Å². The Morgan fingerprint density at radius 1 is 0.889 bits per heavy atom. The van der Waals surface area contributed by atoms with E-state index in [9.17, 15) is 14.4 Å². The molecule has 3 aromatic carbocycles. The van der Waals surface area contributed by atoms with Crippen molar-refractivity contribution in [1.29, 1.82) is 0 Å². The van der Waals surface area contributed by atoms with Crippen molar-refractivity contribution >= 4 is 34.1 Å². The van der Waals surface area contributed by atoms with E-state index in [-0.39, 0.29) is 5.78 Å². The van der Waals surface area contributed by atoms with Gasteiger partial charge in [-0.3, -0.25) is 9.59 Å². The zero-order valence-corrected chi connectivity index (χ0v) is 15.1. The van der Waals surface area contributed by atoms with Crippen LogP contribution in [0.4, 0.5) is 5.69 Å². The van der Waals surface area contributed by atoms with Gasteiger partial charge in [-0.2, -0.15) is 0 Å². The first kappa shape index (κ1) is 18.3. The summed E-state index contributed by atoms with van der Waals surface area (Å²) < 4.78 is 5.34. The Kier molecular flexibility index (Phi) is 5.31. The van der Waals surface area contributed by atoms with Gasteiger partial charge in [0.2, 0.25) is 0 Å². The number of ketones is 1. The first-order valence-corrected chi connectivity index (χ1v) is 8.56. The van der Waals surface area contributed by atoms with E-state index in [2.05, 4.69) is 5.32 Å². The predicted octanol–water partition coefficient (Wildman–Crippen LogP) is 4.23. The maximum atomic E-state index is 12.5. The van der Waals surface area contributed by atoms with Gasteiger partial charge in [-0.1, -0.05) is 36.4 Å². The standard InChI is InChI=1S/C22H19NO4/c1-14(24)16-10-12-18(13-11-16)23-21(25)15(2)27-22(26)20-9-5-7-17-6-3-4-8-19(17)20/h3-13,15H,1-2H3,(H,23,25)/t15-/m1/s1. The van der Waals surface area contributed by atoms with Crippen LogP contribution in [0.3, 0.4) is 0 Å². The number of Topliss-reactive ketones (excluding diaryl/α,β-unsaturated/α-hetero) is 1. The number of nitrogens with one attached hydrogen (secondary N) is 1. The van der Waals surface area contributed by atoms with E-state index < -0.39 is 18.0 Å². The molecule has 3 rings (SSSR count). The summed E-state index contributed by atoms with van der Waals surface area (Å²) in [5, 5.41) is 4.38. The van der Waals surface area contributed by atoms with Crippen LogP contribution in [0, 0.1) is 0 Å². The highest BCUT2D eigenvalue weighted by molar-refractivity contribution is 6.05. The molecule has 0 unspecified atom stereocenters. The van der Waals surface area contributed by atoms with Crippen molar-refractivity contribution in [1.82, 2.24) is 0 Å². The largest absolute Gasteiger partial charge is 0.449 e. The van der Waals surface area contributed by atoms with E-state index in [1.807, 2.05) is 30.3 Å². The van der Waals surface area contributed by atoms with Crippen molar-refractivity contribution in [3.8, 4) is 0 Å². The molecule has 5 nitrogen and oxygen atoms in total. The summed E-state index contributed by atoms with van der Waals surface area (Å²) in [4.78, 5) is 36.1. The highest BCUT2D eigenvalue weighted by atomic mass is 16.5. The van der Waals surface area contributed by atoms with Crippen molar-refractivity contribution in [3.05, 3.63) is 77.9 Å². The van der Waals surface area contributed by atoms with Crippen LogP contribution in [0.25, 0.3) is 10.8 Å². The zero-order chi connectivity index (χ0) is 19.4. The highest BCUT2D eigenvalue weighted by Crippen LogP contribution is 2.20. The molecule has 0 bridgehead atoms. The lowest BCUT2D eigenvalue weighted by Gasteiger charge is -2.14. The van der Waals surface area contributed by atoms with E-state index in [4.69, 9.17) is 4.74 Å². The number of hydrogen-bond acceptors (Lipinski definition) is 4. The molecule has 27 heavy (non-hydrogen) atoms. The highest BCUT2D eigenvalue weighted by Gasteiger charge is 2.20. The van der Waals surface area contributed by atoms with E-state index in [1.54, 1.807) is 36.4 Å². The van der Waals surface area contributed by atoms with E-state index in [0.29, 0.717) is 16.8 Å². The fraction of sp³-hybridized carbons (Fsp3) is 0.136. The molecular weight excluding hydrogens is 342 g/mol. The number of benzene rings is 3. The fourth-order valence-electron chi connectivity index (χ4n) is 2.71. The number of hydrogen-bond donors (Lipinski definition) is 1.